The minimum Gasteiger partial charge on any atom is -0.354 e. The van der Waals surface area contributed by atoms with Crippen LogP contribution in [0, 0.1) is 0 Å². The van der Waals surface area contributed by atoms with Crippen LogP contribution in [-0.2, 0) is 0 Å². The fraction of sp³-hybridized carbons (Fsp3) is 0. The molecule has 12 aromatic rings. The minimum absolute atomic E-state index is 1.15. The van der Waals surface area contributed by atoms with Crippen LogP contribution in [0.2, 0.25) is 0 Å². The van der Waals surface area contributed by atoms with Gasteiger partial charge in [0.15, 0.2) is 0 Å². The highest BCUT2D eigenvalue weighted by Crippen LogP contribution is 2.40. The molecule has 4 heteroatoms. The molecule has 0 saturated carbocycles. The summed E-state index contributed by atoms with van der Waals surface area (Å²) in [5.74, 6) is 0. The molecule has 12 rings (SSSR count). The van der Waals surface area contributed by atoms with Gasteiger partial charge in [-0.05, 0) is 113 Å². The van der Waals surface area contributed by atoms with E-state index >= 15 is 0 Å². The van der Waals surface area contributed by atoms with Gasteiger partial charge < -0.3 is 18.7 Å². The van der Waals surface area contributed by atoms with Crippen LogP contribution in [0.3, 0.4) is 0 Å². The maximum absolute atomic E-state index is 3.75. The molecule has 0 radical (unpaired) electrons. The number of nitrogens with one attached hydrogen (secondary N) is 1. The molecule has 0 fully saturated rings. The molecule has 4 aromatic heterocycles. The molecule has 4 heterocycles. The van der Waals surface area contributed by atoms with Crippen LogP contribution in [0.25, 0.3) is 105 Å². The number of rotatable bonds is 5. The SMILES string of the molecule is c1ccc(-n2ccc3c4[nH]c5ccc(-c6cccc(-c7ccc8c(c7)c7ccc9c(ccn9-c9ccccc9)c7n8-c7ccccc7)c6)cc5c4ccc32)cc1. The first kappa shape index (κ1) is 30.9. The molecule has 0 unspecified atom stereocenters. The average molecular weight is 715 g/mol. The molecule has 1 N–H and O–H groups in total. The Morgan fingerprint density at radius 2 is 0.857 bits per heavy atom. The van der Waals surface area contributed by atoms with E-state index in [2.05, 4.69) is 219 Å². The van der Waals surface area contributed by atoms with E-state index in [4.69, 9.17) is 0 Å². The van der Waals surface area contributed by atoms with E-state index in [0.717, 1.165) is 22.6 Å². The molecule has 0 atom stereocenters. The van der Waals surface area contributed by atoms with Crippen molar-refractivity contribution in [2.24, 2.45) is 0 Å². The topological polar surface area (TPSA) is 30.6 Å². The van der Waals surface area contributed by atoms with Crippen LogP contribution in [0.4, 0.5) is 0 Å². The lowest BCUT2D eigenvalue weighted by Gasteiger charge is -2.10. The van der Waals surface area contributed by atoms with Crippen molar-refractivity contribution in [1.29, 1.82) is 0 Å². The van der Waals surface area contributed by atoms with Gasteiger partial charge >= 0.3 is 0 Å². The molecular weight excluding hydrogens is 681 g/mol. The predicted octanol–water partition coefficient (Wildman–Crippen LogP) is 13.6. The number of aromatic amines is 1. The first-order valence-corrected chi connectivity index (χ1v) is 19.2. The van der Waals surface area contributed by atoms with Crippen LogP contribution < -0.4 is 0 Å². The summed E-state index contributed by atoms with van der Waals surface area (Å²) in [6, 6.07) is 68.2. The second kappa shape index (κ2) is 12.0. The smallest absolute Gasteiger partial charge is 0.0635 e. The molecule has 0 amide bonds. The molecular formula is C52H34N4. The second-order valence-corrected chi connectivity index (χ2v) is 14.7. The van der Waals surface area contributed by atoms with E-state index in [0.29, 0.717) is 0 Å². The zero-order chi connectivity index (χ0) is 36.7. The summed E-state index contributed by atoms with van der Waals surface area (Å²) in [7, 11) is 0. The van der Waals surface area contributed by atoms with Crippen molar-refractivity contribution >= 4 is 65.4 Å². The van der Waals surface area contributed by atoms with Gasteiger partial charge in [0.25, 0.3) is 0 Å². The maximum atomic E-state index is 3.75. The number of hydrogen-bond donors (Lipinski definition) is 1. The van der Waals surface area contributed by atoms with Crippen molar-refractivity contribution in [2.75, 3.05) is 0 Å². The Hall–Kier alpha value is -7.56. The van der Waals surface area contributed by atoms with Gasteiger partial charge in [-0.2, -0.15) is 0 Å². The molecule has 8 aromatic carbocycles. The van der Waals surface area contributed by atoms with Crippen molar-refractivity contribution in [2.45, 2.75) is 0 Å². The molecule has 262 valence electrons. The maximum Gasteiger partial charge on any atom is 0.0635 e. The predicted molar refractivity (Wildman–Crippen MR) is 235 cm³/mol. The highest BCUT2D eigenvalue weighted by molar-refractivity contribution is 6.19. The van der Waals surface area contributed by atoms with Gasteiger partial charge in [0.2, 0.25) is 0 Å². The third kappa shape index (κ3) is 4.60. The summed E-state index contributed by atoms with van der Waals surface area (Å²) in [4.78, 5) is 3.75. The number of aromatic nitrogens is 4. The molecule has 0 saturated heterocycles. The molecule has 0 bridgehead atoms. The van der Waals surface area contributed by atoms with E-state index in [9.17, 15) is 0 Å². The van der Waals surface area contributed by atoms with Crippen molar-refractivity contribution in [3.05, 3.63) is 200 Å². The molecule has 4 nitrogen and oxygen atoms in total. The molecule has 0 spiro atoms. The third-order valence-electron chi connectivity index (χ3n) is 11.6. The summed E-state index contributed by atoms with van der Waals surface area (Å²) >= 11 is 0. The van der Waals surface area contributed by atoms with E-state index in [1.165, 1.54) is 82.2 Å². The highest BCUT2D eigenvalue weighted by atomic mass is 15.0. The summed E-state index contributed by atoms with van der Waals surface area (Å²) < 4.78 is 6.98. The summed E-state index contributed by atoms with van der Waals surface area (Å²) in [6.07, 6.45) is 4.36. The van der Waals surface area contributed by atoms with E-state index in [1.54, 1.807) is 0 Å². The normalized spacial score (nSPS) is 11.9. The first-order valence-electron chi connectivity index (χ1n) is 19.2. The Labute approximate surface area is 322 Å². The lowest BCUT2D eigenvalue weighted by Crippen LogP contribution is -1.94. The van der Waals surface area contributed by atoms with Gasteiger partial charge in [-0.3, -0.25) is 0 Å². The Bertz CT molecular complexity index is 3450. The van der Waals surface area contributed by atoms with Crippen molar-refractivity contribution in [1.82, 2.24) is 18.7 Å². The Morgan fingerprint density at radius 1 is 0.321 bits per heavy atom. The fourth-order valence-corrected chi connectivity index (χ4v) is 9.02. The molecule has 0 aliphatic heterocycles. The van der Waals surface area contributed by atoms with Crippen LogP contribution in [-0.4, -0.2) is 18.7 Å². The number of H-pyrrole nitrogens is 1. The van der Waals surface area contributed by atoms with Crippen LogP contribution in [0.1, 0.15) is 0 Å². The lowest BCUT2D eigenvalue weighted by molar-refractivity contribution is 1.13. The van der Waals surface area contributed by atoms with Gasteiger partial charge in [0.1, 0.15) is 0 Å². The zero-order valence-corrected chi connectivity index (χ0v) is 30.4. The van der Waals surface area contributed by atoms with Crippen LogP contribution >= 0.6 is 0 Å². The average Bonchev–Trinajstić information content (AvgIpc) is 4.06. The van der Waals surface area contributed by atoms with Gasteiger partial charge in [0, 0.05) is 67.3 Å². The zero-order valence-electron chi connectivity index (χ0n) is 30.4. The van der Waals surface area contributed by atoms with Crippen molar-refractivity contribution in [3.63, 3.8) is 0 Å². The Morgan fingerprint density at radius 3 is 1.54 bits per heavy atom. The summed E-state index contributed by atoms with van der Waals surface area (Å²) in [5.41, 5.74) is 15.4. The first-order chi connectivity index (χ1) is 27.8. The number of hydrogen-bond acceptors (Lipinski definition) is 0. The monoisotopic (exact) mass is 714 g/mol. The van der Waals surface area contributed by atoms with Gasteiger partial charge in [0.05, 0.1) is 27.6 Å². The second-order valence-electron chi connectivity index (χ2n) is 14.7. The van der Waals surface area contributed by atoms with Gasteiger partial charge in [-0.25, -0.2) is 0 Å². The molecule has 0 aliphatic carbocycles. The minimum atomic E-state index is 1.15. The molecule has 0 aliphatic rings. The lowest BCUT2D eigenvalue weighted by atomic mass is 9.97. The number of para-hydroxylation sites is 3. The number of fused-ring (bicyclic) bond motifs is 10. The van der Waals surface area contributed by atoms with Crippen molar-refractivity contribution < 1.29 is 0 Å². The largest absolute Gasteiger partial charge is 0.354 e. The van der Waals surface area contributed by atoms with Gasteiger partial charge in [-0.15, -0.1) is 0 Å². The fourth-order valence-electron chi connectivity index (χ4n) is 9.02. The summed E-state index contributed by atoms with van der Waals surface area (Å²) in [6.45, 7) is 0. The Balaban J connectivity index is 0.978. The molecule has 56 heavy (non-hydrogen) atoms. The number of nitrogens with zero attached hydrogens (tertiary/aromatic N) is 3. The van der Waals surface area contributed by atoms with E-state index in [1.807, 2.05) is 0 Å². The van der Waals surface area contributed by atoms with Gasteiger partial charge in [-0.1, -0.05) is 97.1 Å². The van der Waals surface area contributed by atoms with E-state index < -0.39 is 0 Å². The highest BCUT2D eigenvalue weighted by Gasteiger charge is 2.18. The van der Waals surface area contributed by atoms with Crippen LogP contribution in [0.5, 0.6) is 0 Å². The Kier molecular flexibility index (Phi) is 6.60. The number of benzene rings is 8. The van der Waals surface area contributed by atoms with E-state index in [-0.39, 0.29) is 0 Å². The summed E-state index contributed by atoms with van der Waals surface area (Å²) in [5, 5.41) is 7.43. The van der Waals surface area contributed by atoms with Crippen LogP contribution in [0.15, 0.2) is 200 Å². The van der Waals surface area contributed by atoms with Crippen molar-refractivity contribution in [3.8, 4) is 39.3 Å². The third-order valence-corrected chi connectivity index (χ3v) is 11.6. The quantitative estimate of drug-likeness (QED) is 0.184. The standard InChI is InChI=1S/C52H34N4/c1-4-13-38(14-5-1)54-29-27-43-48(54)25-21-41-45-32-36(19-23-47(45)53-51(41)43)34-11-10-12-35(31-34)37-20-24-50-46(33-37)42-22-26-49-44(28-30-55(49)39-15-6-2-7-16-39)52(42)56(50)40-17-8-3-9-18-40/h1-33,53H.